The smallest absolute Gasteiger partial charge is 0.182 e. The Labute approximate surface area is 385 Å². The minimum atomic E-state index is -0.310. The third-order valence-corrected chi connectivity index (χ3v) is 12.8. The molecular formula is C42H45BrN10O5S4. The summed E-state index contributed by atoms with van der Waals surface area (Å²) < 4.78 is 34.3. The van der Waals surface area contributed by atoms with Crippen LogP contribution in [0.5, 0.6) is 11.5 Å². The van der Waals surface area contributed by atoms with E-state index in [1.807, 2.05) is 68.8 Å². The lowest BCUT2D eigenvalue weighted by molar-refractivity contribution is 0.0533. The third-order valence-electron chi connectivity index (χ3n) is 9.64. The Hall–Kier alpha value is -4.83. The first kappa shape index (κ1) is 45.2. The van der Waals surface area contributed by atoms with Gasteiger partial charge in [-0.25, -0.2) is 15.0 Å². The molecule has 20 heteroatoms. The van der Waals surface area contributed by atoms with Crippen LogP contribution in [0.1, 0.15) is 90.5 Å². The highest BCUT2D eigenvalue weighted by Gasteiger charge is 2.31. The summed E-state index contributed by atoms with van der Waals surface area (Å²) in [4.78, 5) is 27.1. The average molecular weight is 978 g/mol. The molecule has 9 rings (SSSR count). The number of rotatable bonds is 10. The van der Waals surface area contributed by atoms with Crippen molar-refractivity contribution >= 4 is 73.3 Å². The fraction of sp³-hybridized carbons (Fsp3) is 0.357. The molecule has 0 bridgehead atoms. The van der Waals surface area contributed by atoms with E-state index in [2.05, 4.69) is 70.3 Å². The van der Waals surface area contributed by atoms with Crippen molar-refractivity contribution in [1.82, 2.24) is 43.3 Å². The number of thiocarbonyl (C=S) groups is 1. The molecule has 0 spiro atoms. The van der Waals surface area contributed by atoms with Gasteiger partial charge in [0.05, 0.1) is 86.7 Å². The van der Waals surface area contributed by atoms with E-state index in [1.165, 1.54) is 23.1 Å². The van der Waals surface area contributed by atoms with Gasteiger partial charge in [0.15, 0.2) is 5.78 Å². The van der Waals surface area contributed by atoms with Gasteiger partial charge in [-0.15, -0.1) is 11.3 Å². The Balaban J connectivity index is 0.000000158. The first-order valence-corrected chi connectivity index (χ1v) is 23.2. The van der Waals surface area contributed by atoms with Gasteiger partial charge in [-0.1, -0.05) is 52.4 Å². The molecule has 2 aromatic carbocycles. The number of aromatic nitrogens is 9. The summed E-state index contributed by atoms with van der Waals surface area (Å²) in [5.41, 5.74) is 11.8. The Morgan fingerprint density at radius 2 is 1.35 bits per heavy atom. The highest BCUT2D eigenvalue weighted by Crippen LogP contribution is 2.39. The van der Waals surface area contributed by atoms with Gasteiger partial charge >= 0.3 is 0 Å². The van der Waals surface area contributed by atoms with Crippen molar-refractivity contribution in [3.63, 3.8) is 0 Å². The molecule has 2 aliphatic heterocycles. The number of carbonyl (C=O) groups is 1. The molecule has 324 valence electrons. The minimum absolute atomic E-state index is 0.0281. The Morgan fingerprint density at radius 3 is 1.89 bits per heavy atom. The zero-order valence-corrected chi connectivity index (χ0v) is 39.8. The van der Waals surface area contributed by atoms with Crippen molar-refractivity contribution in [3.8, 4) is 22.8 Å². The molecule has 7 aromatic rings. The lowest BCUT2D eigenvalue weighted by Gasteiger charge is -2.09. The SMILES string of the molecule is COc1ccc(Cn2cc3c(n2)C(C)OCC(Br)C3=O)cc1.COc1ccc(Cn2cc3c(n2)C(C)OCc2sc(Cc4nsc(C)n4)nc2-3)cc1.Cc1nc(CC(N)=S)ns1. The Bertz CT molecular complexity index is 2620. The van der Waals surface area contributed by atoms with Gasteiger partial charge in [0, 0.05) is 18.0 Å². The van der Waals surface area contributed by atoms with Crippen LogP contribution in [0.3, 0.4) is 0 Å². The molecule has 0 amide bonds. The van der Waals surface area contributed by atoms with Crippen molar-refractivity contribution in [2.75, 3.05) is 20.8 Å². The van der Waals surface area contributed by atoms with Crippen LogP contribution in [0, 0.1) is 13.8 Å². The standard InChI is InChI=1S/C21H21N5O2S2.C16H17BrN2O3.C5H7N3S2/c1-12-20-16(10-26(24-20)9-14-4-6-15(27-3)7-5-14)21-17(11-28-12)29-19(23-21)8-18-22-13(2)30-25-18;1-10-15-13(16(20)14(17)9-22-10)8-19(18-15)7-11-3-5-12(21-2)6-4-11;1-3-7-5(8-10-3)2-4(6)9/h4-7,10,12H,8-9,11H2,1-3H3;3-6,8,10,14H,7,9H2,1-2H3;2H2,1H3,(H2,6,9). The van der Waals surface area contributed by atoms with E-state index in [9.17, 15) is 4.79 Å². The quantitative estimate of drug-likeness (QED) is 0.103. The van der Waals surface area contributed by atoms with Crippen molar-refractivity contribution in [1.29, 1.82) is 0 Å². The van der Waals surface area contributed by atoms with Crippen molar-refractivity contribution < 1.29 is 23.7 Å². The molecular weight excluding hydrogens is 933 g/mol. The number of Topliss-reactive ketones (excluding diaryl/α,β-unsaturated/α-hetero) is 1. The number of nitrogens with two attached hydrogens (primary N) is 1. The number of methoxy groups -OCH3 is 2. The van der Waals surface area contributed by atoms with Crippen molar-refractivity contribution in [3.05, 3.63) is 121 Å². The van der Waals surface area contributed by atoms with Crippen LogP contribution >= 0.6 is 62.5 Å². The van der Waals surface area contributed by atoms with Gasteiger partial charge in [0.2, 0.25) is 0 Å². The van der Waals surface area contributed by atoms with Crippen LogP contribution in [-0.4, -0.2) is 79.7 Å². The molecule has 0 saturated carbocycles. The Kier molecular flexibility index (Phi) is 15.0. The maximum Gasteiger partial charge on any atom is 0.182 e. The summed E-state index contributed by atoms with van der Waals surface area (Å²) >= 11 is 12.5. The van der Waals surface area contributed by atoms with E-state index in [0.717, 1.165) is 71.1 Å². The number of hydrogen-bond acceptors (Lipinski definition) is 16. The number of alkyl halides is 1. The molecule has 3 atom stereocenters. The molecule has 2 N–H and O–H groups in total. The van der Waals surface area contributed by atoms with E-state index >= 15 is 0 Å². The summed E-state index contributed by atoms with van der Waals surface area (Å²) in [5, 5.41) is 12.3. The second kappa shape index (κ2) is 20.6. The van der Waals surface area contributed by atoms with E-state index in [0.29, 0.717) is 55.4 Å². The van der Waals surface area contributed by atoms with Gasteiger partial charge in [-0.05, 0) is 86.2 Å². The normalized spacial score (nSPS) is 16.6. The second-order valence-corrected chi connectivity index (χ2v) is 19.1. The first-order chi connectivity index (χ1) is 29.8. The Morgan fingerprint density at radius 1 is 0.823 bits per heavy atom. The van der Waals surface area contributed by atoms with Crippen LogP contribution in [0.2, 0.25) is 0 Å². The average Bonchev–Trinajstić information content (AvgIpc) is 4.11. The number of nitrogens with zero attached hydrogens (tertiary/aromatic N) is 9. The van der Waals surface area contributed by atoms with Gasteiger partial charge < -0.3 is 24.7 Å². The van der Waals surface area contributed by atoms with Crippen LogP contribution in [0.15, 0.2) is 60.9 Å². The first-order valence-electron chi connectivity index (χ1n) is 19.5. The molecule has 15 nitrogen and oxygen atoms in total. The molecule has 2 aliphatic rings. The molecule has 62 heavy (non-hydrogen) atoms. The zero-order chi connectivity index (χ0) is 43.9. The number of ketones is 1. The van der Waals surface area contributed by atoms with Gasteiger partial charge in [-0.3, -0.25) is 14.2 Å². The number of aryl methyl sites for hydroxylation is 2. The largest absolute Gasteiger partial charge is 0.497 e. The number of hydrogen-bond donors (Lipinski definition) is 1. The number of ether oxygens (including phenoxy) is 4. The fourth-order valence-electron chi connectivity index (χ4n) is 6.58. The van der Waals surface area contributed by atoms with E-state index in [-0.39, 0.29) is 22.8 Å². The van der Waals surface area contributed by atoms with Crippen LogP contribution in [-0.2, 0) is 42.0 Å². The molecule has 7 heterocycles. The van der Waals surface area contributed by atoms with Crippen LogP contribution < -0.4 is 15.2 Å². The lowest BCUT2D eigenvalue weighted by Crippen LogP contribution is -2.17. The molecule has 3 unspecified atom stereocenters. The molecule has 0 radical (unpaired) electrons. The van der Waals surface area contributed by atoms with E-state index < -0.39 is 0 Å². The van der Waals surface area contributed by atoms with Crippen LogP contribution in [0.4, 0.5) is 0 Å². The number of fused-ring (bicyclic) bond motifs is 4. The number of halogens is 1. The van der Waals surface area contributed by atoms with E-state index in [4.69, 9.17) is 34.8 Å². The highest BCUT2D eigenvalue weighted by molar-refractivity contribution is 9.10. The summed E-state index contributed by atoms with van der Waals surface area (Å²) in [6.07, 6.45) is 4.79. The third kappa shape index (κ3) is 11.4. The fourth-order valence-corrected chi connectivity index (χ4v) is 9.09. The van der Waals surface area contributed by atoms with Crippen molar-refractivity contribution in [2.24, 2.45) is 5.73 Å². The lowest BCUT2D eigenvalue weighted by atomic mass is 10.1. The summed E-state index contributed by atoms with van der Waals surface area (Å²) in [6, 6.07) is 15.8. The zero-order valence-electron chi connectivity index (χ0n) is 34.9. The van der Waals surface area contributed by atoms with E-state index in [1.54, 1.807) is 36.4 Å². The van der Waals surface area contributed by atoms with Crippen molar-refractivity contribution in [2.45, 2.75) is 77.3 Å². The number of carbonyl (C=O) groups excluding carboxylic acids is 1. The predicted molar refractivity (Wildman–Crippen MR) is 247 cm³/mol. The van der Waals surface area contributed by atoms with Crippen LogP contribution in [0.25, 0.3) is 11.3 Å². The predicted octanol–water partition coefficient (Wildman–Crippen LogP) is 8.06. The second-order valence-electron chi connectivity index (χ2n) is 14.4. The monoisotopic (exact) mass is 976 g/mol. The minimum Gasteiger partial charge on any atom is -0.497 e. The molecule has 0 aliphatic carbocycles. The molecule has 5 aromatic heterocycles. The number of benzene rings is 2. The highest BCUT2D eigenvalue weighted by atomic mass is 79.9. The summed E-state index contributed by atoms with van der Waals surface area (Å²) in [7, 11) is 3.32. The molecule has 0 saturated heterocycles. The maximum atomic E-state index is 12.3. The molecule has 0 fully saturated rings. The summed E-state index contributed by atoms with van der Waals surface area (Å²) in [5.74, 6) is 3.25. The van der Waals surface area contributed by atoms with Gasteiger partial charge in [0.1, 0.15) is 54.4 Å². The maximum absolute atomic E-state index is 12.3. The topological polar surface area (TPSA) is 180 Å². The summed E-state index contributed by atoms with van der Waals surface area (Å²) in [6.45, 7) is 10.0. The van der Waals surface area contributed by atoms with Gasteiger partial charge in [0.25, 0.3) is 0 Å². The number of thiazole rings is 1. The van der Waals surface area contributed by atoms with Gasteiger partial charge in [-0.2, -0.15) is 18.9 Å².